The number of hydrogen-bond acceptors (Lipinski definition) is 4. The van der Waals surface area contributed by atoms with E-state index in [0.29, 0.717) is 17.7 Å². The second-order valence-corrected chi connectivity index (χ2v) is 6.89. The van der Waals surface area contributed by atoms with Crippen LogP contribution in [-0.2, 0) is 9.05 Å². The lowest BCUT2D eigenvalue weighted by Crippen LogP contribution is -2.06. The smallest absolute Gasteiger partial charge is 0.232 e. The third-order valence-electron chi connectivity index (χ3n) is 2.37. The van der Waals surface area contributed by atoms with Crippen molar-refractivity contribution in [3.05, 3.63) is 28.8 Å². The molecule has 0 saturated carbocycles. The van der Waals surface area contributed by atoms with Crippen molar-refractivity contribution in [1.82, 2.24) is 0 Å². The van der Waals surface area contributed by atoms with Gasteiger partial charge in [0.05, 0.1) is 24.0 Å². The van der Waals surface area contributed by atoms with Crippen LogP contribution in [0.4, 0.5) is 0 Å². The minimum absolute atomic E-state index is 0.108. The van der Waals surface area contributed by atoms with Crippen molar-refractivity contribution in [3.63, 3.8) is 0 Å². The fourth-order valence-electron chi connectivity index (χ4n) is 1.65. The lowest BCUT2D eigenvalue weighted by Gasteiger charge is -2.12. The highest BCUT2D eigenvalue weighted by Gasteiger charge is 2.08. The molecule has 0 radical (unpaired) electrons. The Morgan fingerprint density at radius 3 is 2.33 bits per heavy atom. The van der Waals surface area contributed by atoms with Gasteiger partial charge >= 0.3 is 0 Å². The Balaban J connectivity index is 2.66. The number of aryl methyl sites for hydroxylation is 2. The Morgan fingerprint density at radius 2 is 1.89 bits per heavy atom. The summed E-state index contributed by atoms with van der Waals surface area (Å²) in [4.78, 5) is 0. The molecule has 0 fully saturated rings. The van der Waals surface area contributed by atoms with Crippen LogP contribution in [0.15, 0.2) is 12.1 Å². The van der Waals surface area contributed by atoms with Crippen LogP contribution in [0.1, 0.15) is 23.1 Å². The maximum absolute atomic E-state index is 10.7. The summed E-state index contributed by atoms with van der Waals surface area (Å²) in [6, 6.07) is 5.54. The maximum atomic E-state index is 10.7. The highest BCUT2D eigenvalue weighted by Crippen LogP contribution is 2.24. The second-order valence-electron chi connectivity index (χ2n) is 4.00. The predicted octanol–water partition coefficient (Wildman–Crippen LogP) is 2.51. The van der Waals surface area contributed by atoms with Crippen molar-refractivity contribution in [2.24, 2.45) is 0 Å². The molecule has 0 aliphatic rings. The van der Waals surface area contributed by atoms with Gasteiger partial charge in [-0.1, -0.05) is 0 Å². The fraction of sp³-hybridized carbons (Fsp3) is 0.417. The number of halogens is 1. The Hall–Kier alpha value is -1.25. The minimum atomic E-state index is -3.46. The normalized spacial score (nSPS) is 11.0. The van der Waals surface area contributed by atoms with Gasteiger partial charge in [0.1, 0.15) is 5.75 Å². The molecule has 0 spiro atoms. The standard InChI is InChI=1S/C12H14ClNO3S/c1-9-6-11(8-14)7-10(2)12(9)17-4-3-5-18(13,15)16/h6-7H,3-5H2,1-2H3. The molecule has 0 unspecified atom stereocenters. The SMILES string of the molecule is Cc1cc(C#N)cc(C)c1OCCCS(=O)(=O)Cl. The lowest BCUT2D eigenvalue weighted by atomic mass is 10.1. The molecular weight excluding hydrogens is 274 g/mol. The second kappa shape index (κ2) is 6.07. The Bertz CT molecular complexity index is 552. The summed E-state index contributed by atoms with van der Waals surface area (Å²) in [5, 5.41) is 8.81. The molecule has 0 atom stereocenters. The van der Waals surface area contributed by atoms with Gasteiger partial charge < -0.3 is 4.74 Å². The average molecular weight is 288 g/mol. The number of hydrogen-bond donors (Lipinski definition) is 0. The number of rotatable bonds is 5. The first kappa shape index (κ1) is 14.8. The van der Waals surface area contributed by atoms with Crippen LogP contribution in [0.5, 0.6) is 5.75 Å². The molecule has 0 bridgehead atoms. The highest BCUT2D eigenvalue weighted by atomic mass is 35.7. The van der Waals surface area contributed by atoms with E-state index in [0.717, 1.165) is 11.1 Å². The van der Waals surface area contributed by atoms with Crippen molar-refractivity contribution >= 4 is 19.7 Å². The molecule has 18 heavy (non-hydrogen) atoms. The van der Waals surface area contributed by atoms with Gasteiger partial charge in [-0.3, -0.25) is 0 Å². The topological polar surface area (TPSA) is 67.2 Å². The molecule has 0 amide bonds. The van der Waals surface area contributed by atoms with Gasteiger partial charge in [-0.15, -0.1) is 0 Å². The molecular formula is C12H14ClNO3S. The van der Waals surface area contributed by atoms with Crippen molar-refractivity contribution in [1.29, 1.82) is 5.26 Å². The molecule has 1 aromatic carbocycles. The zero-order chi connectivity index (χ0) is 13.8. The first-order chi connectivity index (χ1) is 8.33. The molecule has 0 aliphatic heterocycles. The molecule has 1 rings (SSSR count). The van der Waals surface area contributed by atoms with Gasteiger partial charge in [-0.25, -0.2) is 8.42 Å². The van der Waals surface area contributed by atoms with E-state index >= 15 is 0 Å². The van der Waals surface area contributed by atoms with E-state index in [1.807, 2.05) is 13.8 Å². The maximum Gasteiger partial charge on any atom is 0.232 e. The van der Waals surface area contributed by atoms with Crippen LogP contribution in [0.2, 0.25) is 0 Å². The van der Waals surface area contributed by atoms with Crippen LogP contribution < -0.4 is 4.74 Å². The van der Waals surface area contributed by atoms with Gasteiger partial charge in [0.15, 0.2) is 0 Å². The molecule has 0 N–H and O–H groups in total. The predicted molar refractivity (Wildman–Crippen MR) is 70.4 cm³/mol. The van der Waals surface area contributed by atoms with Crippen LogP contribution in [-0.4, -0.2) is 20.8 Å². The summed E-state index contributed by atoms with van der Waals surface area (Å²) in [5.74, 6) is 0.587. The molecule has 0 aromatic heterocycles. The average Bonchev–Trinajstić information content (AvgIpc) is 2.25. The summed E-state index contributed by atoms with van der Waals surface area (Å²) >= 11 is 0. The summed E-state index contributed by atoms with van der Waals surface area (Å²) < 4.78 is 27.0. The van der Waals surface area contributed by atoms with E-state index in [2.05, 4.69) is 6.07 Å². The molecule has 4 nitrogen and oxygen atoms in total. The van der Waals surface area contributed by atoms with E-state index in [9.17, 15) is 8.42 Å². The van der Waals surface area contributed by atoms with Gasteiger partial charge in [-0.2, -0.15) is 5.26 Å². The van der Waals surface area contributed by atoms with Crippen molar-refractivity contribution in [3.8, 4) is 11.8 Å². The third kappa shape index (κ3) is 4.55. The summed E-state index contributed by atoms with van der Waals surface area (Å²) in [7, 11) is 1.64. The Labute approximate surface area is 112 Å². The molecule has 0 aliphatic carbocycles. The summed E-state index contributed by atoms with van der Waals surface area (Å²) in [6.45, 7) is 3.97. The van der Waals surface area contributed by atoms with E-state index in [1.54, 1.807) is 12.1 Å². The quantitative estimate of drug-likeness (QED) is 0.616. The Kier molecular flexibility index (Phi) is 5.00. The van der Waals surface area contributed by atoms with E-state index in [-0.39, 0.29) is 12.4 Å². The lowest BCUT2D eigenvalue weighted by molar-refractivity contribution is 0.313. The first-order valence-electron chi connectivity index (χ1n) is 5.40. The minimum Gasteiger partial charge on any atom is -0.493 e. The summed E-state index contributed by atoms with van der Waals surface area (Å²) in [5.41, 5.74) is 2.31. The van der Waals surface area contributed by atoms with E-state index in [1.165, 1.54) is 0 Å². The monoisotopic (exact) mass is 287 g/mol. The highest BCUT2D eigenvalue weighted by molar-refractivity contribution is 8.13. The van der Waals surface area contributed by atoms with Crippen LogP contribution in [0.3, 0.4) is 0 Å². The van der Waals surface area contributed by atoms with Crippen molar-refractivity contribution in [2.75, 3.05) is 12.4 Å². The molecule has 1 aromatic rings. The van der Waals surface area contributed by atoms with Crippen molar-refractivity contribution in [2.45, 2.75) is 20.3 Å². The molecule has 6 heteroatoms. The summed E-state index contributed by atoms with van der Waals surface area (Å²) in [6.07, 6.45) is 0.338. The first-order valence-corrected chi connectivity index (χ1v) is 7.88. The van der Waals surface area contributed by atoms with Gasteiger partial charge in [0.25, 0.3) is 0 Å². The van der Waals surface area contributed by atoms with Crippen molar-refractivity contribution < 1.29 is 13.2 Å². The van der Waals surface area contributed by atoms with Gasteiger partial charge in [0, 0.05) is 10.7 Å². The zero-order valence-electron chi connectivity index (χ0n) is 10.2. The number of ether oxygens (including phenoxy) is 1. The van der Waals surface area contributed by atoms with Gasteiger partial charge in [-0.05, 0) is 43.5 Å². The van der Waals surface area contributed by atoms with E-state index < -0.39 is 9.05 Å². The molecule has 98 valence electrons. The fourth-order valence-corrected chi connectivity index (χ4v) is 2.44. The van der Waals surface area contributed by atoms with Crippen LogP contribution in [0.25, 0.3) is 0 Å². The number of benzene rings is 1. The van der Waals surface area contributed by atoms with Crippen LogP contribution in [0, 0.1) is 25.2 Å². The van der Waals surface area contributed by atoms with Gasteiger partial charge in [0.2, 0.25) is 9.05 Å². The molecule has 0 saturated heterocycles. The van der Waals surface area contributed by atoms with Crippen LogP contribution >= 0.6 is 10.7 Å². The number of nitrogens with zero attached hydrogens (tertiary/aromatic N) is 1. The van der Waals surface area contributed by atoms with E-state index in [4.69, 9.17) is 20.7 Å². The zero-order valence-corrected chi connectivity index (χ0v) is 11.8. The molecule has 0 heterocycles. The number of nitriles is 1. The largest absolute Gasteiger partial charge is 0.493 e. The Morgan fingerprint density at radius 1 is 1.33 bits per heavy atom. The third-order valence-corrected chi connectivity index (χ3v) is 3.61.